The van der Waals surface area contributed by atoms with Crippen molar-refractivity contribution < 1.29 is 4.74 Å². The highest BCUT2D eigenvalue weighted by atomic mass is 16.5. The summed E-state index contributed by atoms with van der Waals surface area (Å²) in [6.45, 7) is 8.37. The van der Waals surface area contributed by atoms with Crippen molar-refractivity contribution in [3.63, 3.8) is 0 Å². The van der Waals surface area contributed by atoms with Gasteiger partial charge >= 0.3 is 0 Å². The topological polar surface area (TPSA) is 24.5 Å². The SMILES string of the molecule is CC.CNN1CCC2(CC1)COC2. The van der Waals surface area contributed by atoms with Gasteiger partial charge in [0.15, 0.2) is 0 Å². The van der Waals surface area contributed by atoms with Gasteiger partial charge in [0, 0.05) is 18.5 Å². The number of ether oxygens (including phenoxy) is 1. The van der Waals surface area contributed by atoms with Crippen molar-refractivity contribution >= 4 is 0 Å². The van der Waals surface area contributed by atoms with Crippen LogP contribution in [0.1, 0.15) is 26.7 Å². The third-order valence-electron chi connectivity index (χ3n) is 2.96. The molecule has 0 atom stereocenters. The van der Waals surface area contributed by atoms with Crippen molar-refractivity contribution in [3.05, 3.63) is 0 Å². The summed E-state index contributed by atoms with van der Waals surface area (Å²) in [6, 6.07) is 0. The fourth-order valence-corrected chi connectivity index (χ4v) is 1.88. The van der Waals surface area contributed by atoms with Gasteiger partial charge in [0.2, 0.25) is 0 Å². The molecule has 0 aromatic carbocycles. The molecule has 78 valence electrons. The average Bonchev–Trinajstić information content (AvgIpc) is 2.19. The van der Waals surface area contributed by atoms with Gasteiger partial charge in [-0.05, 0) is 19.9 Å². The second kappa shape index (κ2) is 4.94. The Labute approximate surface area is 81.4 Å². The molecule has 2 heterocycles. The van der Waals surface area contributed by atoms with Gasteiger partial charge in [0.1, 0.15) is 0 Å². The predicted octanol–water partition coefficient (Wildman–Crippen LogP) is 1.26. The zero-order valence-electron chi connectivity index (χ0n) is 9.10. The lowest BCUT2D eigenvalue weighted by molar-refractivity contribution is -0.143. The van der Waals surface area contributed by atoms with Crippen LogP contribution in [-0.2, 0) is 4.74 Å². The Kier molecular flexibility index (Phi) is 4.16. The lowest BCUT2D eigenvalue weighted by Gasteiger charge is -2.47. The fourth-order valence-electron chi connectivity index (χ4n) is 1.88. The highest BCUT2D eigenvalue weighted by Crippen LogP contribution is 2.37. The molecule has 0 aromatic heterocycles. The van der Waals surface area contributed by atoms with Crippen molar-refractivity contribution in [1.82, 2.24) is 10.4 Å². The zero-order valence-corrected chi connectivity index (χ0v) is 9.10. The number of nitrogens with one attached hydrogen (secondary N) is 1. The molecule has 0 bridgehead atoms. The molecule has 0 aliphatic carbocycles. The average molecular weight is 186 g/mol. The molecule has 0 amide bonds. The van der Waals surface area contributed by atoms with E-state index >= 15 is 0 Å². The molecule has 1 spiro atoms. The summed E-state index contributed by atoms with van der Waals surface area (Å²) in [4.78, 5) is 0. The van der Waals surface area contributed by atoms with Crippen molar-refractivity contribution in [2.75, 3.05) is 33.4 Å². The summed E-state index contributed by atoms with van der Waals surface area (Å²) in [5.74, 6) is 0. The van der Waals surface area contributed by atoms with E-state index in [-0.39, 0.29) is 0 Å². The van der Waals surface area contributed by atoms with E-state index in [1.165, 1.54) is 25.9 Å². The Morgan fingerprint density at radius 1 is 1.15 bits per heavy atom. The van der Waals surface area contributed by atoms with Crippen molar-refractivity contribution in [2.45, 2.75) is 26.7 Å². The molecule has 13 heavy (non-hydrogen) atoms. The van der Waals surface area contributed by atoms with Gasteiger partial charge in [-0.15, -0.1) is 0 Å². The van der Waals surface area contributed by atoms with Gasteiger partial charge in [-0.25, -0.2) is 5.01 Å². The minimum atomic E-state index is 0.577. The summed E-state index contributed by atoms with van der Waals surface area (Å²) in [7, 11) is 2.00. The lowest BCUT2D eigenvalue weighted by Crippen LogP contribution is -2.53. The maximum absolute atomic E-state index is 5.25. The predicted molar refractivity (Wildman–Crippen MR) is 54.5 cm³/mol. The highest BCUT2D eigenvalue weighted by molar-refractivity contribution is 4.89. The van der Waals surface area contributed by atoms with E-state index in [0.717, 1.165) is 13.2 Å². The maximum atomic E-state index is 5.25. The molecule has 2 aliphatic heterocycles. The first-order chi connectivity index (χ1) is 6.35. The summed E-state index contributed by atoms with van der Waals surface area (Å²) >= 11 is 0. The summed E-state index contributed by atoms with van der Waals surface area (Å²) in [6.07, 6.45) is 2.60. The standard InChI is InChI=1S/C8H16N2O.C2H6/c1-9-10-4-2-8(3-5-10)6-11-7-8;1-2/h9H,2-7H2,1H3;1-2H3. The second-order valence-electron chi connectivity index (χ2n) is 3.70. The van der Waals surface area contributed by atoms with E-state index < -0.39 is 0 Å². The molecule has 3 nitrogen and oxygen atoms in total. The molecule has 2 saturated heterocycles. The molecule has 1 N–H and O–H groups in total. The summed E-state index contributed by atoms with van der Waals surface area (Å²) in [5.41, 5.74) is 3.76. The first-order valence-corrected chi connectivity index (χ1v) is 5.35. The van der Waals surface area contributed by atoms with E-state index in [9.17, 15) is 0 Å². The Morgan fingerprint density at radius 2 is 1.69 bits per heavy atom. The van der Waals surface area contributed by atoms with Crippen LogP contribution in [0, 0.1) is 5.41 Å². The van der Waals surface area contributed by atoms with Crippen molar-refractivity contribution in [1.29, 1.82) is 0 Å². The van der Waals surface area contributed by atoms with Gasteiger partial charge in [-0.3, -0.25) is 5.43 Å². The normalized spacial score (nSPS) is 26.1. The van der Waals surface area contributed by atoms with Gasteiger partial charge < -0.3 is 4.74 Å². The van der Waals surface area contributed by atoms with Crippen molar-refractivity contribution in [2.24, 2.45) is 5.41 Å². The lowest BCUT2D eigenvalue weighted by atomic mass is 9.77. The van der Waals surface area contributed by atoms with E-state index in [2.05, 4.69) is 10.4 Å². The van der Waals surface area contributed by atoms with Gasteiger partial charge in [0.25, 0.3) is 0 Å². The third kappa shape index (κ3) is 2.42. The van der Waals surface area contributed by atoms with Gasteiger partial charge in [-0.1, -0.05) is 13.8 Å². The molecule has 3 heteroatoms. The number of nitrogens with zero attached hydrogens (tertiary/aromatic N) is 1. The van der Waals surface area contributed by atoms with E-state index in [0.29, 0.717) is 5.41 Å². The van der Waals surface area contributed by atoms with E-state index in [1.807, 2.05) is 20.9 Å². The van der Waals surface area contributed by atoms with Crippen LogP contribution in [0.4, 0.5) is 0 Å². The largest absolute Gasteiger partial charge is 0.380 e. The van der Waals surface area contributed by atoms with Crippen LogP contribution in [0.3, 0.4) is 0 Å². The van der Waals surface area contributed by atoms with Crippen LogP contribution < -0.4 is 5.43 Å². The molecule has 2 rings (SSSR count). The van der Waals surface area contributed by atoms with Gasteiger partial charge in [0.05, 0.1) is 13.2 Å². The fraction of sp³-hybridized carbons (Fsp3) is 1.00. The van der Waals surface area contributed by atoms with Crippen LogP contribution >= 0.6 is 0 Å². The number of hydrazine groups is 1. The van der Waals surface area contributed by atoms with Crippen LogP contribution in [0.5, 0.6) is 0 Å². The molecule has 0 radical (unpaired) electrons. The Bertz CT molecular complexity index is 136. The zero-order chi connectivity index (χ0) is 9.73. The first kappa shape index (κ1) is 11.0. The smallest absolute Gasteiger partial charge is 0.0545 e. The Morgan fingerprint density at radius 3 is 2.00 bits per heavy atom. The Hall–Kier alpha value is -0.120. The molecule has 0 saturated carbocycles. The van der Waals surface area contributed by atoms with Crippen LogP contribution in [0.2, 0.25) is 0 Å². The second-order valence-corrected chi connectivity index (χ2v) is 3.70. The van der Waals surface area contributed by atoms with Crippen LogP contribution in [0.15, 0.2) is 0 Å². The maximum Gasteiger partial charge on any atom is 0.0545 e. The highest BCUT2D eigenvalue weighted by Gasteiger charge is 2.40. The van der Waals surface area contributed by atoms with E-state index in [1.54, 1.807) is 0 Å². The van der Waals surface area contributed by atoms with Crippen molar-refractivity contribution in [3.8, 4) is 0 Å². The number of rotatable bonds is 1. The third-order valence-corrected chi connectivity index (χ3v) is 2.96. The summed E-state index contributed by atoms with van der Waals surface area (Å²) < 4.78 is 5.25. The molecule has 0 aromatic rings. The van der Waals surface area contributed by atoms with E-state index in [4.69, 9.17) is 4.74 Å². The number of hydrogen-bond donors (Lipinski definition) is 1. The number of hydrogen-bond acceptors (Lipinski definition) is 3. The molecular formula is C10H22N2O. The summed E-state index contributed by atoms with van der Waals surface area (Å²) in [5, 5.41) is 2.28. The quantitative estimate of drug-likeness (QED) is 0.667. The minimum Gasteiger partial charge on any atom is -0.380 e. The van der Waals surface area contributed by atoms with Crippen LogP contribution in [0.25, 0.3) is 0 Å². The Balaban J connectivity index is 0.000000396. The molecule has 2 aliphatic rings. The molecular weight excluding hydrogens is 164 g/mol. The monoisotopic (exact) mass is 186 g/mol. The first-order valence-electron chi connectivity index (χ1n) is 5.35. The van der Waals surface area contributed by atoms with Gasteiger partial charge in [-0.2, -0.15) is 0 Å². The number of piperidine rings is 1. The molecule has 2 fully saturated rings. The van der Waals surface area contributed by atoms with Crippen LogP contribution in [-0.4, -0.2) is 38.4 Å². The minimum absolute atomic E-state index is 0.577. The molecule has 0 unspecified atom stereocenters.